The SMILES string of the molecule is CCn1c(=NC(=O)C=Cc2ccc([N+](=O)[O-])cc2)sc2cc(F)ccc21. The number of fused-ring (bicyclic) bond motifs is 1. The number of halogens is 1. The van der Waals surface area contributed by atoms with Crippen LogP contribution in [0.5, 0.6) is 0 Å². The van der Waals surface area contributed by atoms with Crippen LogP contribution in [-0.4, -0.2) is 15.4 Å². The number of hydrogen-bond acceptors (Lipinski definition) is 4. The zero-order valence-corrected chi connectivity index (χ0v) is 14.6. The Morgan fingerprint density at radius 1 is 1.31 bits per heavy atom. The van der Waals surface area contributed by atoms with E-state index in [-0.39, 0.29) is 11.5 Å². The van der Waals surface area contributed by atoms with Gasteiger partial charge < -0.3 is 4.57 Å². The minimum atomic E-state index is -0.484. The lowest BCUT2D eigenvalue weighted by molar-refractivity contribution is -0.384. The summed E-state index contributed by atoms with van der Waals surface area (Å²) in [5.41, 5.74) is 1.46. The van der Waals surface area contributed by atoms with Gasteiger partial charge in [0.25, 0.3) is 11.6 Å². The van der Waals surface area contributed by atoms with Crippen LogP contribution in [0.15, 0.2) is 53.5 Å². The number of carbonyl (C=O) groups excluding carboxylic acids is 1. The quantitative estimate of drug-likeness (QED) is 0.396. The van der Waals surface area contributed by atoms with Gasteiger partial charge in [-0.25, -0.2) is 4.39 Å². The second-order valence-electron chi connectivity index (χ2n) is 5.37. The van der Waals surface area contributed by atoms with E-state index in [1.807, 2.05) is 11.5 Å². The van der Waals surface area contributed by atoms with E-state index in [9.17, 15) is 19.3 Å². The number of thiazole rings is 1. The number of nitrogens with zero attached hydrogens (tertiary/aromatic N) is 3. The van der Waals surface area contributed by atoms with Gasteiger partial charge in [0.05, 0.1) is 15.1 Å². The van der Waals surface area contributed by atoms with Crippen LogP contribution >= 0.6 is 11.3 Å². The van der Waals surface area contributed by atoms with Gasteiger partial charge in [-0.05, 0) is 48.9 Å². The second kappa shape index (κ2) is 7.40. The molecule has 0 saturated heterocycles. The summed E-state index contributed by atoms with van der Waals surface area (Å²) in [7, 11) is 0. The van der Waals surface area contributed by atoms with Crippen LogP contribution in [0.1, 0.15) is 12.5 Å². The van der Waals surface area contributed by atoms with Crippen molar-refractivity contribution in [2.45, 2.75) is 13.5 Å². The molecule has 0 bridgehead atoms. The molecule has 0 saturated carbocycles. The first-order chi connectivity index (χ1) is 12.5. The van der Waals surface area contributed by atoms with E-state index in [2.05, 4.69) is 4.99 Å². The molecule has 6 nitrogen and oxygen atoms in total. The highest BCUT2D eigenvalue weighted by atomic mass is 32.1. The largest absolute Gasteiger partial charge is 0.317 e. The number of hydrogen-bond donors (Lipinski definition) is 0. The molecule has 2 aromatic carbocycles. The summed E-state index contributed by atoms with van der Waals surface area (Å²) >= 11 is 1.24. The highest BCUT2D eigenvalue weighted by Gasteiger charge is 2.07. The molecule has 0 atom stereocenters. The van der Waals surface area contributed by atoms with Gasteiger partial charge in [0.2, 0.25) is 0 Å². The van der Waals surface area contributed by atoms with Crippen LogP contribution < -0.4 is 4.80 Å². The Balaban J connectivity index is 1.88. The fraction of sp³-hybridized carbons (Fsp3) is 0.111. The Kier molecular flexibility index (Phi) is 5.04. The minimum Gasteiger partial charge on any atom is -0.317 e. The Morgan fingerprint density at radius 3 is 2.69 bits per heavy atom. The number of aromatic nitrogens is 1. The van der Waals surface area contributed by atoms with Crippen LogP contribution in [0, 0.1) is 15.9 Å². The molecule has 132 valence electrons. The third kappa shape index (κ3) is 3.75. The summed E-state index contributed by atoms with van der Waals surface area (Å²) in [4.78, 5) is 26.9. The van der Waals surface area contributed by atoms with Crippen LogP contribution in [0.2, 0.25) is 0 Å². The summed E-state index contributed by atoms with van der Waals surface area (Å²) in [6.07, 6.45) is 2.84. The Bertz CT molecular complexity index is 1080. The van der Waals surface area contributed by atoms with Gasteiger partial charge in [0.1, 0.15) is 5.82 Å². The number of amides is 1. The zero-order valence-electron chi connectivity index (χ0n) is 13.8. The normalized spacial score (nSPS) is 12.2. The summed E-state index contributed by atoms with van der Waals surface area (Å²) in [5.74, 6) is -0.796. The molecule has 3 rings (SSSR count). The molecule has 0 aliphatic rings. The van der Waals surface area contributed by atoms with E-state index in [1.165, 1.54) is 41.7 Å². The van der Waals surface area contributed by atoms with Crippen molar-refractivity contribution in [1.29, 1.82) is 0 Å². The number of carbonyl (C=O) groups is 1. The summed E-state index contributed by atoms with van der Waals surface area (Å²) < 4.78 is 15.9. The van der Waals surface area contributed by atoms with Crippen LogP contribution in [0.4, 0.5) is 10.1 Å². The van der Waals surface area contributed by atoms with Crippen LogP contribution in [-0.2, 0) is 11.3 Å². The summed E-state index contributed by atoms with van der Waals surface area (Å²) in [6.45, 7) is 2.52. The summed E-state index contributed by atoms with van der Waals surface area (Å²) in [5, 5.41) is 10.6. The lowest BCUT2D eigenvalue weighted by atomic mass is 10.2. The molecule has 8 heteroatoms. The first kappa shape index (κ1) is 17.7. The third-order valence-corrected chi connectivity index (χ3v) is 4.73. The Morgan fingerprint density at radius 2 is 2.04 bits per heavy atom. The van der Waals surface area contributed by atoms with Gasteiger partial charge in [-0.2, -0.15) is 4.99 Å². The lowest BCUT2D eigenvalue weighted by Crippen LogP contribution is -2.15. The van der Waals surface area contributed by atoms with Gasteiger partial charge in [0.15, 0.2) is 4.80 Å². The molecule has 0 radical (unpaired) electrons. The number of nitro groups is 1. The van der Waals surface area contributed by atoms with Crippen molar-refractivity contribution in [2.75, 3.05) is 0 Å². The molecule has 26 heavy (non-hydrogen) atoms. The number of non-ortho nitro benzene ring substituents is 1. The van der Waals surface area contributed by atoms with Gasteiger partial charge in [-0.3, -0.25) is 14.9 Å². The first-order valence-electron chi connectivity index (χ1n) is 7.78. The highest BCUT2D eigenvalue weighted by molar-refractivity contribution is 7.16. The maximum Gasteiger partial charge on any atom is 0.272 e. The third-order valence-electron chi connectivity index (χ3n) is 3.69. The Hall–Kier alpha value is -3.13. The Labute approximate surface area is 151 Å². The monoisotopic (exact) mass is 371 g/mol. The zero-order chi connectivity index (χ0) is 18.7. The smallest absolute Gasteiger partial charge is 0.272 e. The molecule has 0 spiro atoms. The fourth-order valence-electron chi connectivity index (χ4n) is 2.44. The molecule has 1 amide bonds. The van der Waals surface area contributed by atoms with Crippen molar-refractivity contribution in [3.63, 3.8) is 0 Å². The maximum absolute atomic E-state index is 13.4. The number of nitro benzene ring substituents is 1. The van der Waals surface area contributed by atoms with Gasteiger partial charge >= 0.3 is 0 Å². The average molecular weight is 371 g/mol. The second-order valence-corrected chi connectivity index (χ2v) is 6.38. The van der Waals surface area contributed by atoms with Crippen molar-refractivity contribution in [3.8, 4) is 0 Å². The average Bonchev–Trinajstić information content (AvgIpc) is 2.96. The van der Waals surface area contributed by atoms with E-state index >= 15 is 0 Å². The van der Waals surface area contributed by atoms with Crippen molar-refractivity contribution in [2.24, 2.45) is 4.99 Å². The van der Waals surface area contributed by atoms with E-state index in [0.717, 1.165) is 10.2 Å². The van der Waals surface area contributed by atoms with Crippen molar-refractivity contribution < 1.29 is 14.1 Å². The van der Waals surface area contributed by atoms with Crippen molar-refractivity contribution >= 4 is 39.2 Å². The van der Waals surface area contributed by atoms with Crippen LogP contribution in [0.3, 0.4) is 0 Å². The van der Waals surface area contributed by atoms with Crippen molar-refractivity contribution in [3.05, 3.63) is 74.8 Å². The minimum absolute atomic E-state index is 0.0142. The van der Waals surface area contributed by atoms with Crippen molar-refractivity contribution in [1.82, 2.24) is 4.57 Å². The van der Waals surface area contributed by atoms with E-state index in [1.54, 1.807) is 24.3 Å². The van der Waals surface area contributed by atoms with Gasteiger partial charge in [0, 0.05) is 24.8 Å². The lowest BCUT2D eigenvalue weighted by Gasteiger charge is -1.99. The van der Waals surface area contributed by atoms with E-state index in [0.29, 0.717) is 16.9 Å². The molecular weight excluding hydrogens is 357 g/mol. The van der Waals surface area contributed by atoms with Gasteiger partial charge in [-0.15, -0.1) is 0 Å². The predicted octanol–water partition coefficient (Wildman–Crippen LogP) is 3.91. The molecule has 0 N–H and O–H groups in total. The first-order valence-corrected chi connectivity index (χ1v) is 8.59. The highest BCUT2D eigenvalue weighted by Crippen LogP contribution is 2.18. The van der Waals surface area contributed by atoms with E-state index in [4.69, 9.17) is 0 Å². The predicted molar refractivity (Wildman–Crippen MR) is 98.1 cm³/mol. The number of benzene rings is 2. The maximum atomic E-state index is 13.4. The van der Waals surface area contributed by atoms with E-state index < -0.39 is 10.8 Å². The van der Waals surface area contributed by atoms with Gasteiger partial charge in [-0.1, -0.05) is 11.3 Å². The molecule has 0 aliphatic heterocycles. The molecule has 3 aromatic rings. The number of aryl methyl sites for hydroxylation is 1. The molecule has 0 fully saturated rings. The standard InChI is InChI=1S/C18H14FN3O3S/c1-2-21-15-9-6-13(19)11-16(15)26-18(21)20-17(23)10-5-12-3-7-14(8-4-12)22(24)25/h3-11H,2H2,1H3. The molecular formula is C18H14FN3O3S. The fourth-order valence-corrected chi connectivity index (χ4v) is 3.57. The topological polar surface area (TPSA) is 77.5 Å². The number of rotatable bonds is 4. The molecule has 1 aromatic heterocycles. The molecule has 0 unspecified atom stereocenters. The molecule has 0 aliphatic carbocycles. The summed E-state index contributed by atoms with van der Waals surface area (Å²) in [6, 6.07) is 10.3. The molecule has 1 heterocycles. The van der Waals surface area contributed by atoms with Crippen LogP contribution in [0.25, 0.3) is 16.3 Å².